The summed E-state index contributed by atoms with van der Waals surface area (Å²) in [5.41, 5.74) is 7.40. The van der Waals surface area contributed by atoms with Crippen LogP contribution in [0.15, 0.2) is 35.4 Å². The van der Waals surface area contributed by atoms with E-state index in [2.05, 4.69) is 65.0 Å². The number of allylic oxidation sites excluding steroid dienone is 4. The van der Waals surface area contributed by atoms with Crippen LogP contribution in [0.1, 0.15) is 82.1 Å². The van der Waals surface area contributed by atoms with Crippen LogP contribution in [0.2, 0.25) is 0 Å². The van der Waals surface area contributed by atoms with Gasteiger partial charge in [-0.1, -0.05) is 49.1 Å². The van der Waals surface area contributed by atoms with Crippen LogP contribution in [0, 0.1) is 18.3 Å². The third-order valence-corrected chi connectivity index (χ3v) is 4.47. The molecule has 0 radical (unpaired) electrons. The molecule has 0 aromatic heterocycles. The first-order chi connectivity index (χ1) is 11.5. The van der Waals surface area contributed by atoms with E-state index < -0.39 is 0 Å². The van der Waals surface area contributed by atoms with Gasteiger partial charge in [-0.2, -0.15) is 5.26 Å². The molecule has 0 aliphatic heterocycles. The third-order valence-electron chi connectivity index (χ3n) is 4.47. The molecule has 0 bridgehead atoms. The van der Waals surface area contributed by atoms with Crippen molar-refractivity contribution in [2.75, 3.05) is 0 Å². The minimum absolute atomic E-state index is 0.856. The van der Waals surface area contributed by atoms with E-state index in [1.54, 1.807) is 0 Å². The SMILES string of the molecule is CCCCCc1cc(C)c(C/C=C(\C)CCC=C(C)C)c(C#N)c1. The Hall–Kier alpha value is -1.81. The van der Waals surface area contributed by atoms with Gasteiger partial charge in [-0.3, -0.25) is 0 Å². The van der Waals surface area contributed by atoms with Crippen molar-refractivity contribution in [1.82, 2.24) is 0 Å². The first-order valence-electron chi connectivity index (χ1n) is 9.29. The van der Waals surface area contributed by atoms with E-state index in [1.807, 2.05) is 0 Å². The first kappa shape index (κ1) is 20.2. The fraction of sp³-hybridized carbons (Fsp3) is 0.522. The van der Waals surface area contributed by atoms with E-state index >= 15 is 0 Å². The van der Waals surface area contributed by atoms with Gasteiger partial charge in [0.2, 0.25) is 0 Å². The van der Waals surface area contributed by atoms with Gasteiger partial charge in [0, 0.05) is 0 Å². The zero-order valence-corrected chi connectivity index (χ0v) is 16.2. The third kappa shape index (κ3) is 7.18. The van der Waals surface area contributed by atoms with Gasteiger partial charge in [0.1, 0.15) is 0 Å². The second-order valence-corrected chi connectivity index (χ2v) is 7.08. The number of hydrogen-bond acceptors (Lipinski definition) is 1. The largest absolute Gasteiger partial charge is 0.192 e. The number of unbranched alkanes of at least 4 members (excludes halogenated alkanes) is 2. The van der Waals surface area contributed by atoms with Crippen molar-refractivity contribution in [3.05, 3.63) is 57.7 Å². The second kappa shape index (κ2) is 10.9. The highest BCUT2D eigenvalue weighted by Gasteiger charge is 2.07. The van der Waals surface area contributed by atoms with Gasteiger partial charge in [0.25, 0.3) is 0 Å². The van der Waals surface area contributed by atoms with Crippen molar-refractivity contribution < 1.29 is 0 Å². The molecule has 0 amide bonds. The predicted octanol–water partition coefficient (Wildman–Crippen LogP) is 6.83. The quantitative estimate of drug-likeness (QED) is 0.361. The molecule has 1 heteroatoms. The zero-order valence-electron chi connectivity index (χ0n) is 16.2. The average molecular weight is 324 g/mol. The van der Waals surface area contributed by atoms with Crippen LogP contribution >= 0.6 is 0 Å². The first-order valence-corrected chi connectivity index (χ1v) is 9.29. The maximum atomic E-state index is 9.53. The molecule has 1 rings (SSSR count). The van der Waals surface area contributed by atoms with Crippen LogP contribution in [-0.2, 0) is 12.8 Å². The van der Waals surface area contributed by atoms with Crippen LogP contribution in [0.4, 0.5) is 0 Å². The molecule has 0 saturated heterocycles. The van der Waals surface area contributed by atoms with Crippen molar-refractivity contribution in [2.24, 2.45) is 0 Å². The maximum Gasteiger partial charge on any atom is 0.0994 e. The molecule has 0 aliphatic rings. The van der Waals surface area contributed by atoms with Crippen molar-refractivity contribution in [3.8, 4) is 6.07 Å². The standard InChI is InChI=1S/C23H33N/c1-6-7-8-12-21-15-20(5)23(22(16-21)17-24)14-13-19(4)11-9-10-18(2)3/h10,13,15-16H,6-9,11-12,14H2,1-5H3/b19-13+. The Labute approximate surface area is 149 Å². The Morgan fingerprint density at radius 3 is 2.50 bits per heavy atom. The Kier molecular flexibility index (Phi) is 9.16. The normalized spacial score (nSPS) is 11.2. The van der Waals surface area contributed by atoms with E-state index in [4.69, 9.17) is 0 Å². The summed E-state index contributed by atoms with van der Waals surface area (Å²) >= 11 is 0. The minimum Gasteiger partial charge on any atom is -0.192 e. The monoisotopic (exact) mass is 323 g/mol. The van der Waals surface area contributed by atoms with Crippen LogP contribution in [0.25, 0.3) is 0 Å². The summed E-state index contributed by atoms with van der Waals surface area (Å²) in [6.45, 7) is 10.8. The molecule has 0 unspecified atom stereocenters. The molecule has 0 heterocycles. The summed E-state index contributed by atoms with van der Waals surface area (Å²) in [6.07, 6.45) is 12.4. The van der Waals surface area contributed by atoms with Gasteiger partial charge < -0.3 is 0 Å². The summed E-state index contributed by atoms with van der Waals surface area (Å²) in [7, 11) is 0. The number of nitrogens with zero attached hydrogens (tertiary/aromatic N) is 1. The Morgan fingerprint density at radius 2 is 1.88 bits per heavy atom. The van der Waals surface area contributed by atoms with Crippen molar-refractivity contribution in [3.63, 3.8) is 0 Å². The Balaban J connectivity index is 2.80. The fourth-order valence-corrected chi connectivity index (χ4v) is 2.95. The zero-order chi connectivity index (χ0) is 17.9. The minimum atomic E-state index is 0.856. The molecule has 1 aromatic rings. The highest BCUT2D eigenvalue weighted by Crippen LogP contribution is 2.20. The van der Waals surface area contributed by atoms with Gasteiger partial charge >= 0.3 is 0 Å². The molecule has 0 N–H and O–H groups in total. The molecule has 0 atom stereocenters. The molecule has 0 aliphatic carbocycles. The van der Waals surface area contributed by atoms with E-state index in [0.717, 1.165) is 31.2 Å². The summed E-state index contributed by atoms with van der Waals surface area (Å²) in [6, 6.07) is 6.79. The summed E-state index contributed by atoms with van der Waals surface area (Å²) in [5, 5.41) is 9.53. The van der Waals surface area contributed by atoms with Crippen LogP contribution in [-0.4, -0.2) is 0 Å². The van der Waals surface area contributed by atoms with Crippen LogP contribution < -0.4 is 0 Å². The lowest BCUT2D eigenvalue weighted by atomic mass is 9.93. The van der Waals surface area contributed by atoms with Gasteiger partial charge in [-0.25, -0.2) is 0 Å². The van der Waals surface area contributed by atoms with Crippen LogP contribution in [0.3, 0.4) is 0 Å². The van der Waals surface area contributed by atoms with Gasteiger partial charge in [-0.15, -0.1) is 0 Å². The van der Waals surface area contributed by atoms with Gasteiger partial charge in [0.05, 0.1) is 11.6 Å². The molecule has 0 spiro atoms. The number of benzene rings is 1. The molecule has 0 saturated carbocycles. The number of rotatable bonds is 9. The number of nitriles is 1. The number of hydrogen-bond donors (Lipinski definition) is 0. The molecule has 0 fully saturated rings. The molecule has 1 aromatic carbocycles. The predicted molar refractivity (Wildman–Crippen MR) is 105 cm³/mol. The van der Waals surface area contributed by atoms with E-state index in [0.29, 0.717) is 0 Å². The highest BCUT2D eigenvalue weighted by molar-refractivity contribution is 5.46. The van der Waals surface area contributed by atoms with Crippen molar-refractivity contribution in [1.29, 1.82) is 5.26 Å². The molecule has 130 valence electrons. The molecular formula is C23H33N. The van der Waals surface area contributed by atoms with Gasteiger partial charge in [-0.05, 0) is 82.6 Å². The lowest BCUT2D eigenvalue weighted by Gasteiger charge is -2.10. The molecule has 1 nitrogen and oxygen atoms in total. The summed E-state index contributed by atoms with van der Waals surface area (Å²) in [5.74, 6) is 0. The fourth-order valence-electron chi connectivity index (χ4n) is 2.95. The highest BCUT2D eigenvalue weighted by atomic mass is 14.3. The molecule has 24 heavy (non-hydrogen) atoms. The van der Waals surface area contributed by atoms with E-state index in [-0.39, 0.29) is 0 Å². The lowest BCUT2D eigenvalue weighted by Crippen LogP contribution is -1.97. The number of aryl methyl sites for hydroxylation is 2. The lowest BCUT2D eigenvalue weighted by molar-refractivity contribution is 0.717. The van der Waals surface area contributed by atoms with Crippen molar-refractivity contribution >= 4 is 0 Å². The van der Waals surface area contributed by atoms with Crippen molar-refractivity contribution in [2.45, 2.75) is 79.6 Å². The van der Waals surface area contributed by atoms with E-state index in [1.165, 1.54) is 47.1 Å². The summed E-state index contributed by atoms with van der Waals surface area (Å²) in [4.78, 5) is 0. The van der Waals surface area contributed by atoms with Crippen LogP contribution in [0.5, 0.6) is 0 Å². The second-order valence-electron chi connectivity index (χ2n) is 7.08. The smallest absolute Gasteiger partial charge is 0.0994 e. The Bertz CT molecular complexity index is 622. The summed E-state index contributed by atoms with van der Waals surface area (Å²) < 4.78 is 0. The van der Waals surface area contributed by atoms with E-state index in [9.17, 15) is 5.26 Å². The topological polar surface area (TPSA) is 23.8 Å². The average Bonchev–Trinajstić information content (AvgIpc) is 2.53. The molecular weight excluding hydrogens is 290 g/mol. The Morgan fingerprint density at radius 1 is 1.12 bits per heavy atom. The van der Waals surface area contributed by atoms with Gasteiger partial charge in [0.15, 0.2) is 0 Å². The maximum absolute atomic E-state index is 9.53.